The van der Waals surface area contributed by atoms with Gasteiger partial charge in [0.2, 0.25) is 0 Å². The van der Waals surface area contributed by atoms with Gasteiger partial charge in [0.25, 0.3) is 0 Å². The van der Waals surface area contributed by atoms with Gasteiger partial charge in [-0.05, 0) is 50.2 Å². The summed E-state index contributed by atoms with van der Waals surface area (Å²) in [4.78, 5) is 0. The van der Waals surface area contributed by atoms with Crippen molar-refractivity contribution in [2.45, 2.75) is 50.7 Å². The SMILES string of the molecule is CC(O)(CN)CCCOC1CCCc2ccccc21. The maximum atomic E-state index is 9.84. The van der Waals surface area contributed by atoms with Crippen LogP contribution < -0.4 is 5.73 Å². The molecule has 0 saturated heterocycles. The molecule has 0 aliphatic heterocycles. The van der Waals surface area contributed by atoms with Gasteiger partial charge in [-0.2, -0.15) is 0 Å². The molecule has 1 aliphatic carbocycles. The summed E-state index contributed by atoms with van der Waals surface area (Å²) in [7, 11) is 0. The highest BCUT2D eigenvalue weighted by atomic mass is 16.5. The fourth-order valence-electron chi connectivity index (χ4n) is 2.66. The molecule has 0 radical (unpaired) electrons. The summed E-state index contributed by atoms with van der Waals surface area (Å²) in [6, 6.07) is 8.55. The normalized spacial score (nSPS) is 21.7. The molecule has 2 rings (SSSR count). The number of aryl methyl sites for hydroxylation is 1. The van der Waals surface area contributed by atoms with Crippen molar-refractivity contribution >= 4 is 0 Å². The molecule has 0 bridgehead atoms. The lowest BCUT2D eigenvalue weighted by Crippen LogP contribution is -2.34. The van der Waals surface area contributed by atoms with Crippen molar-refractivity contribution in [3.63, 3.8) is 0 Å². The van der Waals surface area contributed by atoms with Crippen LogP contribution in [-0.2, 0) is 11.2 Å². The minimum absolute atomic E-state index is 0.229. The van der Waals surface area contributed by atoms with Crippen LogP contribution in [0.5, 0.6) is 0 Å². The molecule has 0 aromatic heterocycles. The minimum atomic E-state index is -0.756. The number of hydrogen-bond acceptors (Lipinski definition) is 3. The van der Waals surface area contributed by atoms with Gasteiger partial charge < -0.3 is 15.6 Å². The Hall–Kier alpha value is -0.900. The molecule has 2 atom stereocenters. The first kappa shape index (κ1) is 14.5. The van der Waals surface area contributed by atoms with Gasteiger partial charge in [-0.1, -0.05) is 24.3 Å². The number of benzene rings is 1. The van der Waals surface area contributed by atoms with Crippen LogP contribution in [0.25, 0.3) is 0 Å². The van der Waals surface area contributed by atoms with Gasteiger partial charge in [0.1, 0.15) is 0 Å². The van der Waals surface area contributed by atoms with Crippen LogP contribution in [0, 0.1) is 0 Å². The lowest BCUT2D eigenvalue weighted by Gasteiger charge is -2.26. The average molecular weight is 263 g/mol. The molecule has 3 heteroatoms. The molecule has 1 aliphatic rings. The Morgan fingerprint density at radius 3 is 3.00 bits per heavy atom. The highest BCUT2D eigenvalue weighted by Gasteiger charge is 2.21. The molecule has 1 aromatic rings. The van der Waals surface area contributed by atoms with E-state index in [9.17, 15) is 5.11 Å². The summed E-state index contributed by atoms with van der Waals surface area (Å²) in [6.45, 7) is 2.78. The number of ether oxygens (including phenoxy) is 1. The van der Waals surface area contributed by atoms with E-state index in [2.05, 4.69) is 24.3 Å². The summed E-state index contributed by atoms with van der Waals surface area (Å²) in [5.41, 5.74) is 7.52. The molecule has 0 saturated carbocycles. The minimum Gasteiger partial charge on any atom is -0.389 e. The Morgan fingerprint density at radius 1 is 1.42 bits per heavy atom. The number of rotatable bonds is 6. The van der Waals surface area contributed by atoms with Crippen LogP contribution in [0.2, 0.25) is 0 Å². The van der Waals surface area contributed by atoms with Gasteiger partial charge in [0.15, 0.2) is 0 Å². The van der Waals surface area contributed by atoms with E-state index in [0.29, 0.717) is 19.6 Å². The molecule has 1 aromatic carbocycles. The third-order valence-electron chi connectivity index (χ3n) is 3.93. The summed E-state index contributed by atoms with van der Waals surface area (Å²) in [6.07, 6.45) is 5.23. The van der Waals surface area contributed by atoms with Crippen LogP contribution >= 0.6 is 0 Å². The van der Waals surface area contributed by atoms with E-state index in [-0.39, 0.29) is 6.10 Å². The van der Waals surface area contributed by atoms with E-state index in [1.807, 2.05) is 0 Å². The van der Waals surface area contributed by atoms with Gasteiger partial charge in [0.05, 0.1) is 11.7 Å². The molecule has 0 fully saturated rings. The van der Waals surface area contributed by atoms with E-state index in [4.69, 9.17) is 10.5 Å². The second-order valence-corrected chi connectivity index (χ2v) is 5.76. The van der Waals surface area contributed by atoms with Gasteiger partial charge in [-0.25, -0.2) is 0 Å². The third kappa shape index (κ3) is 4.03. The molecule has 0 heterocycles. The first-order chi connectivity index (χ1) is 9.12. The lowest BCUT2D eigenvalue weighted by atomic mass is 9.89. The highest BCUT2D eigenvalue weighted by Crippen LogP contribution is 2.32. The van der Waals surface area contributed by atoms with Gasteiger partial charge >= 0.3 is 0 Å². The second-order valence-electron chi connectivity index (χ2n) is 5.76. The second kappa shape index (κ2) is 6.51. The number of nitrogens with two attached hydrogens (primary N) is 1. The molecule has 3 N–H and O–H groups in total. The zero-order chi connectivity index (χ0) is 13.7. The topological polar surface area (TPSA) is 55.5 Å². The Bertz CT molecular complexity index is 403. The quantitative estimate of drug-likeness (QED) is 0.776. The predicted octanol–water partition coefficient (Wildman–Crippen LogP) is 2.57. The predicted molar refractivity (Wildman–Crippen MR) is 77.0 cm³/mol. The van der Waals surface area contributed by atoms with E-state index < -0.39 is 5.60 Å². The summed E-state index contributed by atoms with van der Waals surface area (Å²) < 4.78 is 6.00. The first-order valence-electron chi connectivity index (χ1n) is 7.24. The Labute approximate surface area is 115 Å². The maximum absolute atomic E-state index is 9.84. The Morgan fingerprint density at radius 2 is 2.21 bits per heavy atom. The average Bonchev–Trinajstić information content (AvgIpc) is 2.44. The highest BCUT2D eigenvalue weighted by molar-refractivity contribution is 5.31. The number of aliphatic hydroxyl groups is 1. The largest absolute Gasteiger partial charge is 0.389 e. The summed E-state index contributed by atoms with van der Waals surface area (Å²) >= 11 is 0. The Balaban J connectivity index is 1.82. The molecular formula is C16H25NO2. The van der Waals surface area contributed by atoms with Crippen molar-refractivity contribution in [3.05, 3.63) is 35.4 Å². The van der Waals surface area contributed by atoms with Crippen molar-refractivity contribution in [2.24, 2.45) is 5.73 Å². The van der Waals surface area contributed by atoms with Crippen LogP contribution in [0.1, 0.15) is 49.8 Å². The number of fused-ring (bicyclic) bond motifs is 1. The van der Waals surface area contributed by atoms with Crippen LogP contribution in [0.15, 0.2) is 24.3 Å². The molecule has 2 unspecified atom stereocenters. The van der Waals surface area contributed by atoms with E-state index in [0.717, 1.165) is 19.3 Å². The van der Waals surface area contributed by atoms with Crippen molar-refractivity contribution in [1.82, 2.24) is 0 Å². The maximum Gasteiger partial charge on any atom is 0.0827 e. The van der Waals surface area contributed by atoms with Crippen molar-refractivity contribution in [2.75, 3.05) is 13.2 Å². The zero-order valence-corrected chi connectivity index (χ0v) is 11.8. The number of hydrogen-bond donors (Lipinski definition) is 2. The van der Waals surface area contributed by atoms with E-state index >= 15 is 0 Å². The lowest BCUT2D eigenvalue weighted by molar-refractivity contribution is 0.0142. The van der Waals surface area contributed by atoms with Crippen molar-refractivity contribution in [3.8, 4) is 0 Å². The fourth-order valence-corrected chi connectivity index (χ4v) is 2.66. The van der Waals surface area contributed by atoms with Gasteiger partial charge in [0, 0.05) is 13.2 Å². The van der Waals surface area contributed by atoms with E-state index in [1.54, 1.807) is 6.92 Å². The molecule has 0 spiro atoms. The molecule has 0 amide bonds. The first-order valence-corrected chi connectivity index (χ1v) is 7.24. The van der Waals surface area contributed by atoms with E-state index in [1.165, 1.54) is 17.5 Å². The third-order valence-corrected chi connectivity index (χ3v) is 3.93. The molecule has 19 heavy (non-hydrogen) atoms. The van der Waals surface area contributed by atoms with Gasteiger partial charge in [-0.3, -0.25) is 0 Å². The molecular weight excluding hydrogens is 238 g/mol. The van der Waals surface area contributed by atoms with Gasteiger partial charge in [-0.15, -0.1) is 0 Å². The summed E-state index contributed by atoms with van der Waals surface area (Å²) in [5, 5.41) is 9.84. The Kier molecular flexibility index (Phi) is 4.97. The smallest absolute Gasteiger partial charge is 0.0827 e. The zero-order valence-electron chi connectivity index (χ0n) is 11.8. The monoisotopic (exact) mass is 263 g/mol. The summed E-state index contributed by atoms with van der Waals surface area (Å²) in [5.74, 6) is 0. The standard InChI is InChI=1S/C16H25NO2/c1-16(18,12-17)10-5-11-19-15-9-4-7-13-6-2-3-8-14(13)15/h2-3,6,8,15,18H,4-5,7,9-12,17H2,1H3. The van der Waals surface area contributed by atoms with Crippen LogP contribution in [-0.4, -0.2) is 23.9 Å². The van der Waals surface area contributed by atoms with Crippen LogP contribution in [0.4, 0.5) is 0 Å². The molecule has 3 nitrogen and oxygen atoms in total. The van der Waals surface area contributed by atoms with Crippen LogP contribution in [0.3, 0.4) is 0 Å². The van der Waals surface area contributed by atoms with Crippen molar-refractivity contribution < 1.29 is 9.84 Å². The fraction of sp³-hybridized carbons (Fsp3) is 0.625. The van der Waals surface area contributed by atoms with Crippen molar-refractivity contribution in [1.29, 1.82) is 0 Å². The molecule has 106 valence electrons.